The minimum Gasteiger partial charge on any atom is -0.488 e. The Morgan fingerprint density at radius 3 is 2.36 bits per heavy atom. The smallest absolute Gasteiger partial charge is 0.419 e. The van der Waals surface area contributed by atoms with E-state index < -0.39 is 39.4 Å². The van der Waals surface area contributed by atoms with Crippen LogP contribution in [-0.4, -0.2) is 39.6 Å². The number of likely N-dealkylation sites (tertiary alicyclic amines) is 1. The fraction of sp³-hybridized carbons (Fsp3) is 0.250. The molecule has 0 aromatic heterocycles. The first-order chi connectivity index (χ1) is 16.9. The fourth-order valence-corrected chi connectivity index (χ4v) is 5.82. The van der Waals surface area contributed by atoms with Crippen LogP contribution in [0, 0.1) is 5.82 Å². The molecular weight excluding hydrogens is 540 g/mol. The molecule has 0 aliphatic carbocycles. The summed E-state index contributed by atoms with van der Waals surface area (Å²) < 4.78 is 87.6. The molecule has 3 aromatic carbocycles. The Bertz CT molecular complexity index is 1350. The number of nitrogens with one attached hydrogen (secondary N) is 1. The summed E-state index contributed by atoms with van der Waals surface area (Å²) in [5.41, 5.74) is -1.02. The molecular formula is C24H21ClF4N2O3S2. The number of halogens is 5. The lowest BCUT2D eigenvalue weighted by Gasteiger charge is -2.19. The average molecular weight is 561 g/mol. The van der Waals surface area contributed by atoms with Gasteiger partial charge in [0.05, 0.1) is 21.2 Å². The number of likely N-dealkylation sites (N-methyl/N-ethyl adjacent to an activating group) is 1. The third-order valence-electron chi connectivity index (χ3n) is 5.44. The second-order valence-corrected chi connectivity index (χ2v) is 11.5. The lowest BCUT2D eigenvalue weighted by molar-refractivity contribution is -0.139. The van der Waals surface area contributed by atoms with Crippen molar-refractivity contribution in [1.82, 2.24) is 4.90 Å². The van der Waals surface area contributed by atoms with E-state index >= 15 is 0 Å². The fourth-order valence-electron chi connectivity index (χ4n) is 3.67. The van der Waals surface area contributed by atoms with E-state index in [0.29, 0.717) is 29.3 Å². The molecule has 12 heteroatoms. The van der Waals surface area contributed by atoms with Gasteiger partial charge in [0.15, 0.2) is 0 Å². The van der Waals surface area contributed by atoms with Crippen molar-refractivity contribution in [3.63, 3.8) is 0 Å². The van der Waals surface area contributed by atoms with Gasteiger partial charge in [-0.3, -0.25) is 4.72 Å². The number of ether oxygens (including phenoxy) is 1. The van der Waals surface area contributed by atoms with Gasteiger partial charge in [-0.05, 0) is 68.1 Å². The van der Waals surface area contributed by atoms with E-state index in [1.165, 1.54) is 36.0 Å². The predicted molar refractivity (Wildman–Crippen MR) is 131 cm³/mol. The van der Waals surface area contributed by atoms with Gasteiger partial charge in [0.2, 0.25) is 0 Å². The molecule has 0 radical (unpaired) electrons. The molecule has 1 aliphatic rings. The molecule has 0 saturated carbocycles. The summed E-state index contributed by atoms with van der Waals surface area (Å²) in [6.45, 7) is 1.17. The van der Waals surface area contributed by atoms with Crippen LogP contribution >= 0.6 is 23.4 Å². The highest BCUT2D eigenvalue weighted by atomic mass is 35.5. The van der Waals surface area contributed by atoms with E-state index in [1.807, 2.05) is 11.9 Å². The van der Waals surface area contributed by atoms with Crippen molar-refractivity contribution in [3.05, 3.63) is 77.1 Å². The Morgan fingerprint density at radius 1 is 1.06 bits per heavy atom. The van der Waals surface area contributed by atoms with Crippen LogP contribution in [0.3, 0.4) is 0 Å². The second kappa shape index (κ2) is 10.5. The maximum atomic E-state index is 13.5. The molecule has 1 N–H and O–H groups in total. The van der Waals surface area contributed by atoms with Gasteiger partial charge >= 0.3 is 6.18 Å². The van der Waals surface area contributed by atoms with Gasteiger partial charge in [-0.2, -0.15) is 13.2 Å². The molecule has 5 nitrogen and oxygen atoms in total. The van der Waals surface area contributed by atoms with Crippen LogP contribution in [0.2, 0.25) is 5.02 Å². The maximum Gasteiger partial charge on any atom is 0.419 e. The summed E-state index contributed by atoms with van der Waals surface area (Å²) in [4.78, 5) is 3.21. The number of benzene rings is 3. The minimum absolute atomic E-state index is 0.0248. The largest absolute Gasteiger partial charge is 0.488 e. The first kappa shape index (κ1) is 26.6. The highest BCUT2D eigenvalue weighted by Crippen LogP contribution is 2.39. The Morgan fingerprint density at radius 2 is 1.75 bits per heavy atom. The van der Waals surface area contributed by atoms with Crippen molar-refractivity contribution in [1.29, 1.82) is 0 Å². The molecule has 1 aliphatic heterocycles. The highest BCUT2D eigenvalue weighted by Gasteiger charge is 2.36. The van der Waals surface area contributed by atoms with Crippen LogP contribution < -0.4 is 9.46 Å². The molecule has 1 saturated heterocycles. The number of anilines is 1. The van der Waals surface area contributed by atoms with Crippen LogP contribution in [0.15, 0.2) is 75.4 Å². The van der Waals surface area contributed by atoms with Crippen LogP contribution in [0.4, 0.5) is 23.2 Å². The molecule has 4 rings (SSSR count). The highest BCUT2D eigenvalue weighted by molar-refractivity contribution is 7.99. The molecule has 3 aromatic rings. The summed E-state index contributed by atoms with van der Waals surface area (Å²) in [5.74, 6) is -0.964. The van der Waals surface area contributed by atoms with Crippen molar-refractivity contribution in [2.24, 2.45) is 0 Å². The van der Waals surface area contributed by atoms with Gasteiger partial charge in [-0.1, -0.05) is 23.4 Å². The van der Waals surface area contributed by atoms with E-state index in [4.69, 9.17) is 16.3 Å². The summed E-state index contributed by atoms with van der Waals surface area (Å²) >= 11 is 7.05. The zero-order valence-corrected chi connectivity index (χ0v) is 21.2. The van der Waals surface area contributed by atoms with Gasteiger partial charge in [0, 0.05) is 28.9 Å². The quantitative estimate of drug-likeness (QED) is 0.333. The van der Waals surface area contributed by atoms with E-state index in [2.05, 4.69) is 4.72 Å². The first-order valence-electron chi connectivity index (χ1n) is 10.7. The van der Waals surface area contributed by atoms with Gasteiger partial charge in [-0.25, -0.2) is 12.8 Å². The lowest BCUT2D eigenvalue weighted by Crippen LogP contribution is -2.23. The summed E-state index contributed by atoms with van der Waals surface area (Å²) in [5, 5.41) is -0.0248. The predicted octanol–water partition coefficient (Wildman–Crippen LogP) is 6.53. The lowest BCUT2D eigenvalue weighted by atomic mass is 10.1. The molecule has 1 heterocycles. The van der Waals surface area contributed by atoms with E-state index in [-0.39, 0.29) is 15.6 Å². The van der Waals surface area contributed by atoms with Crippen molar-refractivity contribution in [2.75, 3.05) is 24.9 Å². The van der Waals surface area contributed by atoms with Crippen molar-refractivity contribution < 1.29 is 30.7 Å². The number of hydrogen-bond acceptors (Lipinski definition) is 5. The number of alkyl halides is 3. The van der Waals surface area contributed by atoms with E-state index in [9.17, 15) is 26.0 Å². The Labute approximate surface area is 215 Å². The van der Waals surface area contributed by atoms with Crippen molar-refractivity contribution in [3.8, 4) is 5.75 Å². The molecule has 0 bridgehead atoms. The number of nitrogens with zero attached hydrogens (tertiary/aromatic N) is 1. The number of hydrogen-bond donors (Lipinski definition) is 1. The molecule has 0 spiro atoms. The molecule has 192 valence electrons. The second-order valence-electron chi connectivity index (χ2n) is 8.25. The van der Waals surface area contributed by atoms with Crippen LogP contribution in [0.5, 0.6) is 5.75 Å². The molecule has 36 heavy (non-hydrogen) atoms. The number of rotatable bonds is 7. The minimum atomic E-state index is -4.65. The standard InChI is InChI=1S/C24H21ClF4N2O3S2/c1-31-11-10-16(14-31)34-23-12-15(2-8-20(23)24(27,28)29)30-36(32,33)19-6-3-17(4-7-19)35-18-5-9-22(26)21(25)13-18/h2-9,12-13,16,30H,10-11,14H2,1H3. The normalized spacial score (nSPS) is 16.8. The molecule has 0 amide bonds. The topological polar surface area (TPSA) is 58.6 Å². The summed E-state index contributed by atoms with van der Waals surface area (Å²) in [6, 6.07) is 13.0. The van der Waals surface area contributed by atoms with Gasteiger partial charge in [0.1, 0.15) is 17.7 Å². The zero-order valence-electron chi connectivity index (χ0n) is 18.9. The van der Waals surface area contributed by atoms with Crippen molar-refractivity contribution >= 4 is 39.1 Å². The van der Waals surface area contributed by atoms with Crippen LogP contribution in [0.25, 0.3) is 0 Å². The number of sulfonamides is 1. The zero-order chi connectivity index (χ0) is 26.1. The molecule has 1 fully saturated rings. The molecule has 1 atom stereocenters. The third-order valence-corrected chi connectivity index (χ3v) is 8.13. The Balaban J connectivity index is 1.52. The average Bonchev–Trinajstić information content (AvgIpc) is 3.20. The monoisotopic (exact) mass is 560 g/mol. The third kappa shape index (κ3) is 6.44. The van der Waals surface area contributed by atoms with Gasteiger partial charge in [0.25, 0.3) is 10.0 Å². The first-order valence-corrected chi connectivity index (χ1v) is 13.4. The summed E-state index contributed by atoms with van der Waals surface area (Å²) in [7, 11) is -2.25. The molecule has 1 unspecified atom stereocenters. The van der Waals surface area contributed by atoms with E-state index in [0.717, 1.165) is 18.2 Å². The Kier molecular flexibility index (Phi) is 7.75. The summed E-state index contributed by atoms with van der Waals surface area (Å²) in [6.07, 6.45) is -4.51. The van der Waals surface area contributed by atoms with Crippen LogP contribution in [-0.2, 0) is 16.2 Å². The van der Waals surface area contributed by atoms with Crippen LogP contribution in [0.1, 0.15) is 12.0 Å². The van der Waals surface area contributed by atoms with Gasteiger partial charge in [-0.15, -0.1) is 0 Å². The maximum absolute atomic E-state index is 13.5. The van der Waals surface area contributed by atoms with Gasteiger partial charge < -0.3 is 9.64 Å². The van der Waals surface area contributed by atoms with E-state index in [1.54, 1.807) is 18.2 Å². The van der Waals surface area contributed by atoms with Crippen molar-refractivity contribution in [2.45, 2.75) is 33.4 Å². The SMILES string of the molecule is CN1CCC(Oc2cc(NS(=O)(=O)c3ccc(Sc4ccc(F)c(Cl)c4)cc3)ccc2C(F)(F)F)C1. The Hall–Kier alpha value is -2.47.